The van der Waals surface area contributed by atoms with E-state index in [1.54, 1.807) is 0 Å². The molecule has 0 aliphatic carbocycles. The lowest BCUT2D eigenvalue weighted by Gasteiger charge is -2.35. The Morgan fingerprint density at radius 2 is 1.71 bits per heavy atom. The van der Waals surface area contributed by atoms with E-state index in [4.69, 9.17) is 4.99 Å². The Bertz CT molecular complexity index is 359. The summed E-state index contributed by atoms with van der Waals surface area (Å²) in [7, 11) is 2.20. The molecule has 0 saturated carbocycles. The summed E-state index contributed by atoms with van der Waals surface area (Å²) in [5, 5.41) is 6.88. The van der Waals surface area contributed by atoms with Crippen molar-refractivity contribution in [3.63, 3.8) is 0 Å². The normalized spacial score (nSPS) is 23.2. The van der Waals surface area contributed by atoms with Gasteiger partial charge in [-0.15, -0.1) is 0 Å². The van der Waals surface area contributed by atoms with E-state index in [2.05, 4.69) is 46.2 Å². The molecule has 2 fully saturated rings. The lowest BCUT2D eigenvalue weighted by molar-refractivity contribution is 0.122. The standard InChI is InChI=1S/C18H38N6/c1-4-19-18(20-8-11-23-9-6-5-7-10-23)21-16-17(2)24-14-12-22(3)13-15-24/h17H,4-16H2,1-3H3,(H2,19,20,21). The molecule has 2 aliphatic heterocycles. The predicted molar refractivity (Wildman–Crippen MR) is 103 cm³/mol. The topological polar surface area (TPSA) is 46.1 Å². The van der Waals surface area contributed by atoms with Crippen LogP contribution < -0.4 is 10.6 Å². The molecule has 6 nitrogen and oxygen atoms in total. The van der Waals surface area contributed by atoms with Crippen molar-refractivity contribution in [3.8, 4) is 0 Å². The van der Waals surface area contributed by atoms with Gasteiger partial charge in [0.05, 0.1) is 6.54 Å². The van der Waals surface area contributed by atoms with Crippen LogP contribution in [-0.4, -0.2) is 99.2 Å². The molecule has 24 heavy (non-hydrogen) atoms. The molecule has 140 valence electrons. The van der Waals surface area contributed by atoms with E-state index in [9.17, 15) is 0 Å². The minimum atomic E-state index is 0.510. The van der Waals surface area contributed by atoms with E-state index in [-0.39, 0.29) is 0 Å². The molecule has 1 atom stereocenters. The SMILES string of the molecule is CCNC(=NCC(C)N1CCN(C)CC1)NCCN1CCCCC1. The maximum Gasteiger partial charge on any atom is 0.191 e. The molecule has 0 amide bonds. The monoisotopic (exact) mass is 338 g/mol. The molecule has 0 aromatic rings. The molecule has 2 saturated heterocycles. The summed E-state index contributed by atoms with van der Waals surface area (Å²) in [5.41, 5.74) is 0. The second-order valence-corrected chi connectivity index (χ2v) is 7.24. The zero-order chi connectivity index (χ0) is 17.2. The van der Waals surface area contributed by atoms with Crippen LogP contribution in [0.25, 0.3) is 0 Å². The van der Waals surface area contributed by atoms with Crippen LogP contribution in [0.4, 0.5) is 0 Å². The molecular weight excluding hydrogens is 300 g/mol. The van der Waals surface area contributed by atoms with Crippen LogP contribution in [0.1, 0.15) is 33.1 Å². The molecule has 0 bridgehead atoms. The van der Waals surface area contributed by atoms with E-state index in [0.29, 0.717) is 6.04 Å². The minimum absolute atomic E-state index is 0.510. The molecule has 2 aliphatic rings. The fourth-order valence-electron chi connectivity index (χ4n) is 3.46. The molecule has 0 spiro atoms. The highest BCUT2D eigenvalue weighted by molar-refractivity contribution is 5.79. The number of nitrogens with one attached hydrogen (secondary N) is 2. The molecule has 0 radical (unpaired) electrons. The van der Waals surface area contributed by atoms with Gasteiger partial charge in [-0.1, -0.05) is 6.42 Å². The smallest absolute Gasteiger partial charge is 0.191 e. The second-order valence-electron chi connectivity index (χ2n) is 7.24. The first-order valence-corrected chi connectivity index (χ1v) is 9.86. The molecule has 0 aromatic carbocycles. The van der Waals surface area contributed by atoms with E-state index in [0.717, 1.165) is 45.2 Å². The summed E-state index contributed by atoms with van der Waals surface area (Å²) in [6.07, 6.45) is 4.12. The molecular formula is C18H38N6. The van der Waals surface area contributed by atoms with Gasteiger partial charge in [-0.25, -0.2) is 0 Å². The quantitative estimate of drug-likeness (QED) is 0.528. The van der Waals surface area contributed by atoms with Crippen molar-refractivity contribution < 1.29 is 0 Å². The number of nitrogens with zero attached hydrogens (tertiary/aromatic N) is 4. The second kappa shape index (κ2) is 10.9. The van der Waals surface area contributed by atoms with Crippen molar-refractivity contribution >= 4 is 5.96 Å². The number of likely N-dealkylation sites (tertiary alicyclic amines) is 1. The fraction of sp³-hybridized carbons (Fsp3) is 0.944. The molecule has 2 heterocycles. The van der Waals surface area contributed by atoms with Crippen LogP contribution in [0.3, 0.4) is 0 Å². The van der Waals surface area contributed by atoms with Gasteiger partial charge in [0, 0.05) is 51.9 Å². The number of guanidine groups is 1. The van der Waals surface area contributed by atoms with E-state index in [1.165, 1.54) is 45.4 Å². The maximum absolute atomic E-state index is 4.81. The van der Waals surface area contributed by atoms with Gasteiger partial charge in [0.2, 0.25) is 0 Å². The van der Waals surface area contributed by atoms with Gasteiger partial charge in [-0.3, -0.25) is 9.89 Å². The predicted octanol–water partition coefficient (Wildman–Crippen LogP) is 0.663. The van der Waals surface area contributed by atoms with Crippen molar-refractivity contribution in [2.75, 3.05) is 72.5 Å². The highest BCUT2D eigenvalue weighted by Crippen LogP contribution is 2.07. The largest absolute Gasteiger partial charge is 0.357 e. The van der Waals surface area contributed by atoms with Gasteiger partial charge in [0.1, 0.15) is 0 Å². The van der Waals surface area contributed by atoms with Crippen molar-refractivity contribution in [2.45, 2.75) is 39.2 Å². The Labute approximate surface area is 148 Å². The number of piperidine rings is 1. The van der Waals surface area contributed by atoms with Gasteiger partial charge in [-0.2, -0.15) is 0 Å². The number of piperazine rings is 1. The minimum Gasteiger partial charge on any atom is -0.357 e. The van der Waals surface area contributed by atoms with Gasteiger partial charge in [-0.05, 0) is 46.8 Å². The van der Waals surface area contributed by atoms with Crippen molar-refractivity contribution in [2.24, 2.45) is 4.99 Å². The summed E-state index contributed by atoms with van der Waals surface area (Å²) in [6, 6.07) is 0.510. The van der Waals surface area contributed by atoms with Crippen molar-refractivity contribution in [1.29, 1.82) is 0 Å². The zero-order valence-corrected chi connectivity index (χ0v) is 16.1. The third-order valence-corrected chi connectivity index (χ3v) is 5.19. The molecule has 2 N–H and O–H groups in total. The van der Waals surface area contributed by atoms with Crippen LogP contribution in [0.5, 0.6) is 0 Å². The van der Waals surface area contributed by atoms with Gasteiger partial charge >= 0.3 is 0 Å². The summed E-state index contributed by atoms with van der Waals surface area (Å²) >= 11 is 0. The Kier molecular flexibility index (Phi) is 8.84. The molecule has 6 heteroatoms. The Morgan fingerprint density at radius 3 is 2.38 bits per heavy atom. The first-order valence-electron chi connectivity index (χ1n) is 9.86. The zero-order valence-electron chi connectivity index (χ0n) is 16.1. The fourth-order valence-corrected chi connectivity index (χ4v) is 3.46. The Morgan fingerprint density at radius 1 is 1.00 bits per heavy atom. The third kappa shape index (κ3) is 6.95. The third-order valence-electron chi connectivity index (χ3n) is 5.19. The van der Waals surface area contributed by atoms with E-state index >= 15 is 0 Å². The molecule has 0 aromatic heterocycles. The van der Waals surface area contributed by atoms with Gasteiger partial charge in [0.15, 0.2) is 5.96 Å². The first-order chi connectivity index (χ1) is 11.7. The summed E-state index contributed by atoms with van der Waals surface area (Å²) in [5.74, 6) is 0.968. The summed E-state index contributed by atoms with van der Waals surface area (Å²) in [6.45, 7) is 15.5. The highest BCUT2D eigenvalue weighted by atomic mass is 15.3. The number of rotatable bonds is 7. The van der Waals surface area contributed by atoms with Crippen molar-refractivity contribution in [1.82, 2.24) is 25.3 Å². The van der Waals surface area contributed by atoms with E-state index < -0.39 is 0 Å². The highest BCUT2D eigenvalue weighted by Gasteiger charge is 2.18. The van der Waals surface area contributed by atoms with Gasteiger partial charge in [0.25, 0.3) is 0 Å². The van der Waals surface area contributed by atoms with Crippen LogP contribution in [0, 0.1) is 0 Å². The van der Waals surface area contributed by atoms with Crippen LogP contribution in [0.2, 0.25) is 0 Å². The lowest BCUT2D eigenvalue weighted by atomic mass is 10.1. The molecule has 1 unspecified atom stereocenters. The van der Waals surface area contributed by atoms with Crippen LogP contribution in [0.15, 0.2) is 4.99 Å². The lowest BCUT2D eigenvalue weighted by Crippen LogP contribution is -2.49. The number of aliphatic imine (C=N–C) groups is 1. The average Bonchev–Trinajstić information content (AvgIpc) is 2.61. The van der Waals surface area contributed by atoms with Gasteiger partial charge < -0.3 is 20.4 Å². The molecule has 2 rings (SSSR count). The Balaban J connectivity index is 1.70. The number of hydrogen-bond donors (Lipinski definition) is 2. The average molecular weight is 339 g/mol. The van der Waals surface area contributed by atoms with E-state index in [1.807, 2.05) is 0 Å². The summed E-state index contributed by atoms with van der Waals surface area (Å²) in [4.78, 5) is 12.3. The first kappa shape index (κ1) is 19.5. The van der Waals surface area contributed by atoms with Crippen molar-refractivity contribution in [3.05, 3.63) is 0 Å². The number of hydrogen-bond acceptors (Lipinski definition) is 4. The number of likely N-dealkylation sites (N-methyl/N-ethyl adjacent to an activating group) is 1. The maximum atomic E-state index is 4.81. The summed E-state index contributed by atoms with van der Waals surface area (Å²) < 4.78 is 0. The van der Waals surface area contributed by atoms with Crippen LogP contribution >= 0.6 is 0 Å². The Hall–Kier alpha value is -0.850. The van der Waals surface area contributed by atoms with Crippen LogP contribution in [-0.2, 0) is 0 Å².